The van der Waals surface area contributed by atoms with Crippen molar-refractivity contribution in [3.05, 3.63) is 24.3 Å². The van der Waals surface area contributed by atoms with E-state index in [2.05, 4.69) is 20.2 Å². The van der Waals surface area contributed by atoms with Gasteiger partial charge in [0.2, 0.25) is 11.6 Å². The van der Waals surface area contributed by atoms with Crippen LogP contribution in [-0.4, -0.2) is 41.7 Å². The van der Waals surface area contributed by atoms with Crippen molar-refractivity contribution in [2.45, 2.75) is 18.3 Å². The standard InChI is InChI=1S/C8H2F8N6O/c9-6(10,8(14,15)16)3-19-4(7(11,12)13)22(20-3)5(23)21-2-17-1-18-21/h1-2H. The zero-order valence-electron chi connectivity index (χ0n) is 10.3. The van der Waals surface area contributed by atoms with E-state index in [-0.39, 0.29) is 4.68 Å². The van der Waals surface area contributed by atoms with E-state index in [1.807, 2.05) is 0 Å². The molecule has 0 aromatic carbocycles. The second-order valence-electron chi connectivity index (χ2n) is 3.86. The van der Waals surface area contributed by atoms with Gasteiger partial charge in [-0.05, 0) is 0 Å². The lowest BCUT2D eigenvalue weighted by molar-refractivity contribution is -0.292. The number of carbonyl (C=O) groups excluding carboxylic acids is 1. The highest BCUT2D eigenvalue weighted by Gasteiger charge is 2.62. The van der Waals surface area contributed by atoms with E-state index in [0.717, 1.165) is 0 Å². The second-order valence-corrected chi connectivity index (χ2v) is 3.86. The van der Waals surface area contributed by atoms with Gasteiger partial charge in [-0.15, -0.1) is 5.10 Å². The quantitative estimate of drug-likeness (QED) is 0.736. The Labute approximate surface area is 119 Å². The molecule has 0 N–H and O–H groups in total. The monoisotopic (exact) mass is 350 g/mol. The molecule has 15 heteroatoms. The van der Waals surface area contributed by atoms with Crippen LogP contribution in [0.25, 0.3) is 0 Å². The predicted octanol–water partition coefficient (Wildman–Crippen LogP) is 2.06. The lowest BCUT2D eigenvalue weighted by atomic mass is 10.3. The van der Waals surface area contributed by atoms with Gasteiger partial charge in [-0.2, -0.15) is 49.6 Å². The number of aromatic nitrogens is 6. The summed E-state index contributed by atoms with van der Waals surface area (Å²) in [6.07, 6.45) is -10.5. The molecule has 0 saturated carbocycles. The van der Waals surface area contributed by atoms with Crippen LogP contribution in [0.5, 0.6) is 0 Å². The molecule has 0 bridgehead atoms. The van der Waals surface area contributed by atoms with Gasteiger partial charge in [-0.1, -0.05) is 0 Å². The molecular formula is C8H2F8N6O. The Kier molecular flexibility index (Phi) is 3.61. The minimum atomic E-state index is -6.25. The summed E-state index contributed by atoms with van der Waals surface area (Å²) >= 11 is 0. The highest BCUT2D eigenvalue weighted by molar-refractivity contribution is 5.77. The summed E-state index contributed by atoms with van der Waals surface area (Å²) in [6, 6.07) is -1.80. The van der Waals surface area contributed by atoms with Crippen molar-refractivity contribution >= 4 is 6.03 Å². The van der Waals surface area contributed by atoms with Crippen LogP contribution in [-0.2, 0) is 12.1 Å². The molecule has 0 saturated heterocycles. The Morgan fingerprint density at radius 2 is 1.65 bits per heavy atom. The molecule has 0 atom stereocenters. The Hall–Kier alpha value is -2.61. The van der Waals surface area contributed by atoms with Crippen LogP contribution in [0.1, 0.15) is 11.6 Å². The average Bonchev–Trinajstić information content (AvgIpc) is 3.05. The highest BCUT2D eigenvalue weighted by atomic mass is 19.4. The molecule has 126 valence electrons. The van der Waals surface area contributed by atoms with E-state index >= 15 is 0 Å². The molecule has 0 unspecified atom stereocenters. The van der Waals surface area contributed by atoms with E-state index in [1.54, 1.807) is 0 Å². The summed E-state index contributed by atoms with van der Waals surface area (Å²) in [5, 5.41) is 5.47. The first-order chi connectivity index (χ1) is 10.4. The SMILES string of the molecule is O=C(n1cncn1)n1nc(C(F)(F)C(F)(F)F)nc1C(F)(F)F. The van der Waals surface area contributed by atoms with Gasteiger partial charge < -0.3 is 0 Å². The van der Waals surface area contributed by atoms with Crippen LogP contribution in [0.3, 0.4) is 0 Å². The number of halogens is 8. The summed E-state index contributed by atoms with van der Waals surface area (Å²) in [5.74, 6) is -10.7. The fourth-order valence-corrected chi connectivity index (χ4v) is 1.29. The molecule has 2 rings (SSSR count). The Morgan fingerprint density at radius 3 is 2.09 bits per heavy atom. The van der Waals surface area contributed by atoms with Gasteiger partial charge in [-0.25, -0.2) is 14.8 Å². The van der Waals surface area contributed by atoms with Crippen molar-refractivity contribution in [3.8, 4) is 0 Å². The third-order valence-electron chi connectivity index (χ3n) is 2.29. The molecule has 0 amide bonds. The van der Waals surface area contributed by atoms with E-state index in [0.29, 0.717) is 12.7 Å². The molecule has 0 aliphatic heterocycles. The third-order valence-corrected chi connectivity index (χ3v) is 2.29. The van der Waals surface area contributed by atoms with Crippen molar-refractivity contribution < 1.29 is 39.9 Å². The first-order valence-electron chi connectivity index (χ1n) is 5.24. The number of alkyl halides is 8. The molecule has 0 aliphatic carbocycles. The summed E-state index contributed by atoms with van der Waals surface area (Å²) in [6.45, 7) is 0. The predicted molar refractivity (Wildman–Crippen MR) is 51.2 cm³/mol. The lowest BCUT2D eigenvalue weighted by Crippen LogP contribution is -2.35. The maximum atomic E-state index is 13.1. The summed E-state index contributed by atoms with van der Waals surface area (Å²) < 4.78 is 100. The first-order valence-corrected chi connectivity index (χ1v) is 5.24. The first kappa shape index (κ1) is 16.8. The van der Waals surface area contributed by atoms with E-state index in [9.17, 15) is 39.9 Å². The molecule has 2 aromatic rings. The van der Waals surface area contributed by atoms with Crippen molar-refractivity contribution in [2.75, 3.05) is 0 Å². The summed E-state index contributed by atoms with van der Waals surface area (Å²) in [4.78, 5) is 17.0. The van der Waals surface area contributed by atoms with Crippen LogP contribution < -0.4 is 0 Å². The highest BCUT2D eigenvalue weighted by Crippen LogP contribution is 2.43. The van der Waals surface area contributed by atoms with Crippen LogP contribution in [0.2, 0.25) is 0 Å². The topological polar surface area (TPSA) is 78.5 Å². The second kappa shape index (κ2) is 4.95. The van der Waals surface area contributed by atoms with Crippen molar-refractivity contribution in [1.82, 2.24) is 29.5 Å². The van der Waals surface area contributed by atoms with Gasteiger partial charge in [0.1, 0.15) is 12.7 Å². The van der Waals surface area contributed by atoms with Gasteiger partial charge >= 0.3 is 24.3 Å². The zero-order chi connectivity index (χ0) is 17.6. The minimum absolute atomic E-state index is 0.138. The van der Waals surface area contributed by atoms with Crippen molar-refractivity contribution in [1.29, 1.82) is 0 Å². The van der Waals surface area contributed by atoms with Gasteiger partial charge in [0.15, 0.2) is 0 Å². The molecular weight excluding hydrogens is 348 g/mol. The lowest BCUT2D eigenvalue weighted by Gasteiger charge is -2.15. The number of nitrogens with zero attached hydrogens (tertiary/aromatic N) is 6. The van der Waals surface area contributed by atoms with Gasteiger partial charge in [0, 0.05) is 0 Å². The molecule has 0 aliphatic rings. The molecule has 23 heavy (non-hydrogen) atoms. The molecule has 7 nitrogen and oxygen atoms in total. The van der Waals surface area contributed by atoms with Crippen LogP contribution in [0.15, 0.2) is 12.7 Å². The summed E-state index contributed by atoms with van der Waals surface area (Å²) in [5.41, 5.74) is 0. The van der Waals surface area contributed by atoms with E-state index < -0.39 is 40.6 Å². The van der Waals surface area contributed by atoms with Crippen LogP contribution in [0.4, 0.5) is 39.9 Å². The molecule has 0 fully saturated rings. The Balaban J connectivity index is 2.61. The van der Waals surface area contributed by atoms with E-state index in [1.165, 1.54) is 0 Å². The Morgan fingerprint density at radius 1 is 1.04 bits per heavy atom. The van der Waals surface area contributed by atoms with Crippen molar-refractivity contribution in [2.24, 2.45) is 0 Å². The fraction of sp³-hybridized carbons (Fsp3) is 0.375. The number of rotatable bonds is 1. The normalized spacial score (nSPS) is 13.4. The smallest absolute Gasteiger partial charge is 0.243 e. The number of hydrogen-bond donors (Lipinski definition) is 0. The number of carbonyl (C=O) groups is 1. The van der Waals surface area contributed by atoms with Crippen LogP contribution >= 0.6 is 0 Å². The molecule has 0 spiro atoms. The largest absolute Gasteiger partial charge is 0.461 e. The maximum Gasteiger partial charge on any atom is 0.461 e. The van der Waals surface area contributed by atoms with E-state index in [4.69, 9.17) is 0 Å². The summed E-state index contributed by atoms with van der Waals surface area (Å²) in [7, 11) is 0. The average molecular weight is 350 g/mol. The molecule has 2 heterocycles. The zero-order valence-corrected chi connectivity index (χ0v) is 10.3. The number of hydrogen-bond acceptors (Lipinski definition) is 5. The van der Waals surface area contributed by atoms with Gasteiger partial charge in [-0.3, -0.25) is 0 Å². The fourth-order valence-electron chi connectivity index (χ4n) is 1.29. The van der Waals surface area contributed by atoms with Crippen LogP contribution in [0, 0.1) is 0 Å². The Bertz CT molecular complexity index is 714. The van der Waals surface area contributed by atoms with Crippen molar-refractivity contribution in [3.63, 3.8) is 0 Å². The maximum absolute atomic E-state index is 13.1. The third kappa shape index (κ3) is 2.85. The molecule has 0 radical (unpaired) electrons. The van der Waals surface area contributed by atoms with Gasteiger partial charge in [0.05, 0.1) is 0 Å². The minimum Gasteiger partial charge on any atom is -0.243 e. The van der Waals surface area contributed by atoms with Gasteiger partial charge in [0.25, 0.3) is 0 Å². The molecule has 2 aromatic heterocycles.